The van der Waals surface area contributed by atoms with Crippen molar-refractivity contribution in [1.29, 1.82) is 0 Å². The number of alkyl halides is 5. The SMILES string of the molecule is O=C(c1ccccc1I)N(SC(Cl)(Cl)C(F)(Cl)Cl)c1ccccc1. The smallest absolute Gasteiger partial charge is 0.268 e. The van der Waals surface area contributed by atoms with E-state index in [1.807, 2.05) is 22.6 Å². The second-order valence-corrected chi connectivity index (χ2v) is 9.85. The van der Waals surface area contributed by atoms with E-state index in [1.165, 1.54) is 0 Å². The standard InChI is InChI=1S/C15H9Cl4FINOS/c16-14(17,20)15(18,19)24-22(10-6-2-1-3-7-10)13(23)11-8-4-5-9-12(11)21/h1-9H. The third-order valence-electron chi connectivity index (χ3n) is 2.82. The predicted molar refractivity (Wildman–Crippen MR) is 110 cm³/mol. The lowest BCUT2D eigenvalue weighted by molar-refractivity contribution is 0.101. The summed E-state index contributed by atoms with van der Waals surface area (Å²) in [5.74, 6) is -0.431. The maximum absolute atomic E-state index is 13.9. The van der Waals surface area contributed by atoms with Crippen LogP contribution in [0.2, 0.25) is 0 Å². The van der Waals surface area contributed by atoms with Gasteiger partial charge in [-0.3, -0.25) is 4.79 Å². The number of benzene rings is 2. The van der Waals surface area contributed by atoms with Crippen LogP contribution in [0, 0.1) is 3.57 Å². The molecule has 1 amide bonds. The molecule has 2 nitrogen and oxygen atoms in total. The Morgan fingerprint density at radius 3 is 2.08 bits per heavy atom. The summed E-state index contributed by atoms with van der Waals surface area (Å²) in [6, 6.07) is 15.5. The zero-order valence-corrected chi connectivity index (χ0v) is 17.7. The molecule has 2 aromatic rings. The lowest BCUT2D eigenvalue weighted by Crippen LogP contribution is -2.36. The monoisotopic (exact) mass is 537 g/mol. The number of rotatable bonds is 5. The van der Waals surface area contributed by atoms with Crippen LogP contribution in [0.4, 0.5) is 10.1 Å². The Morgan fingerprint density at radius 1 is 1.00 bits per heavy atom. The number of amides is 1. The molecule has 0 N–H and O–H groups in total. The van der Waals surface area contributed by atoms with Crippen LogP contribution in [0.3, 0.4) is 0 Å². The van der Waals surface area contributed by atoms with E-state index < -0.39 is 14.2 Å². The molecule has 0 aromatic heterocycles. The normalized spacial score (nSPS) is 12.1. The molecule has 0 aliphatic heterocycles. The van der Waals surface area contributed by atoms with Gasteiger partial charge in [-0.05, 0) is 46.9 Å². The van der Waals surface area contributed by atoms with Crippen molar-refractivity contribution in [2.45, 2.75) is 8.25 Å². The summed E-state index contributed by atoms with van der Waals surface area (Å²) in [5, 5.41) is 0. The molecule has 0 aliphatic carbocycles. The van der Waals surface area contributed by atoms with Gasteiger partial charge in [0.1, 0.15) is 0 Å². The molecule has 128 valence electrons. The van der Waals surface area contributed by atoms with Crippen molar-refractivity contribution in [3.63, 3.8) is 0 Å². The van der Waals surface area contributed by atoms with Crippen molar-refractivity contribution in [3.8, 4) is 0 Å². The highest BCUT2D eigenvalue weighted by Gasteiger charge is 2.51. The van der Waals surface area contributed by atoms with E-state index in [1.54, 1.807) is 54.6 Å². The summed E-state index contributed by atoms with van der Waals surface area (Å²) >= 11 is 25.2. The van der Waals surface area contributed by atoms with E-state index in [9.17, 15) is 9.18 Å². The molecule has 0 unspecified atom stereocenters. The van der Waals surface area contributed by atoms with Crippen LogP contribution in [-0.4, -0.2) is 14.2 Å². The quantitative estimate of drug-likeness (QED) is 0.236. The first-order chi connectivity index (χ1) is 11.1. The Balaban J connectivity index is 2.45. The Labute approximate surface area is 176 Å². The molecule has 0 spiro atoms. The van der Waals surface area contributed by atoms with Gasteiger partial charge in [-0.1, -0.05) is 76.7 Å². The molecule has 0 bridgehead atoms. The maximum atomic E-state index is 13.9. The number of para-hydroxylation sites is 1. The van der Waals surface area contributed by atoms with E-state index in [0.29, 0.717) is 23.2 Å². The van der Waals surface area contributed by atoms with E-state index in [0.717, 1.165) is 7.88 Å². The van der Waals surface area contributed by atoms with Gasteiger partial charge < -0.3 is 0 Å². The third-order valence-corrected chi connectivity index (χ3v) is 6.94. The summed E-state index contributed by atoms with van der Waals surface area (Å²) in [6.45, 7) is 0. The minimum atomic E-state index is -2.97. The van der Waals surface area contributed by atoms with Gasteiger partial charge in [0.2, 0.25) is 3.67 Å². The Morgan fingerprint density at radius 2 is 1.54 bits per heavy atom. The molecule has 0 fully saturated rings. The van der Waals surface area contributed by atoms with Crippen LogP contribution in [-0.2, 0) is 0 Å². The summed E-state index contributed by atoms with van der Waals surface area (Å²) in [6.07, 6.45) is 0. The zero-order valence-electron chi connectivity index (χ0n) is 11.7. The van der Waals surface area contributed by atoms with Gasteiger partial charge in [-0.2, -0.15) is 0 Å². The predicted octanol–water partition coefficient (Wildman–Crippen LogP) is 6.82. The lowest BCUT2D eigenvalue weighted by atomic mass is 10.2. The second-order valence-electron chi connectivity index (χ2n) is 4.52. The highest BCUT2D eigenvalue weighted by molar-refractivity contribution is 14.1. The van der Waals surface area contributed by atoms with E-state index >= 15 is 0 Å². The first-order valence-electron chi connectivity index (χ1n) is 6.41. The van der Waals surface area contributed by atoms with Crippen molar-refractivity contribution in [2.75, 3.05) is 4.31 Å². The molecule has 0 heterocycles. The van der Waals surface area contributed by atoms with Crippen molar-refractivity contribution >= 4 is 92.5 Å². The Kier molecular flexibility index (Phi) is 6.95. The van der Waals surface area contributed by atoms with Crippen LogP contribution < -0.4 is 4.31 Å². The largest absolute Gasteiger partial charge is 0.301 e. The fraction of sp³-hybridized carbons (Fsp3) is 0.133. The molecule has 24 heavy (non-hydrogen) atoms. The van der Waals surface area contributed by atoms with Crippen molar-refractivity contribution in [1.82, 2.24) is 0 Å². The van der Waals surface area contributed by atoms with Crippen LogP contribution in [0.5, 0.6) is 0 Å². The van der Waals surface area contributed by atoms with E-state index in [2.05, 4.69) is 0 Å². The van der Waals surface area contributed by atoms with Crippen molar-refractivity contribution in [2.24, 2.45) is 0 Å². The topological polar surface area (TPSA) is 20.3 Å². The summed E-state index contributed by atoms with van der Waals surface area (Å²) < 4.78 is 10.5. The number of anilines is 1. The number of carbonyl (C=O) groups excluding carboxylic acids is 1. The van der Waals surface area contributed by atoms with Gasteiger partial charge in [0, 0.05) is 15.5 Å². The second kappa shape index (κ2) is 8.18. The van der Waals surface area contributed by atoms with Gasteiger partial charge in [-0.15, -0.1) is 0 Å². The highest BCUT2D eigenvalue weighted by atomic mass is 127. The van der Waals surface area contributed by atoms with Crippen LogP contribution in [0.25, 0.3) is 0 Å². The van der Waals surface area contributed by atoms with Crippen LogP contribution in [0.1, 0.15) is 10.4 Å². The van der Waals surface area contributed by atoms with E-state index in [-0.39, 0.29) is 0 Å². The fourth-order valence-corrected chi connectivity index (χ4v) is 3.67. The Hall–Kier alpha value is 0.0800. The molecule has 0 aliphatic rings. The molecule has 2 aromatic carbocycles. The first kappa shape index (κ1) is 20.4. The first-order valence-corrected chi connectivity index (χ1v) is 9.77. The van der Waals surface area contributed by atoms with Gasteiger partial charge in [0.25, 0.3) is 5.91 Å². The van der Waals surface area contributed by atoms with E-state index in [4.69, 9.17) is 46.4 Å². The molecule has 0 saturated carbocycles. The molecular formula is C15H9Cl4FINOS. The summed E-state index contributed by atoms with van der Waals surface area (Å²) in [4.78, 5) is 12.9. The minimum absolute atomic E-state index is 0.409. The summed E-state index contributed by atoms with van der Waals surface area (Å²) in [5.41, 5.74) is 0.864. The number of hydrogen-bond acceptors (Lipinski definition) is 2. The highest BCUT2D eigenvalue weighted by Crippen LogP contribution is 2.53. The van der Waals surface area contributed by atoms with Gasteiger partial charge >= 0.3 is 4.59 Å². The molecule has 2 rings (SSSR count). The Bertz CT molecular complexity index is 727. The summed E-state index contributed by atoms with van der Waals surface area (Å²) in [7, 11) is 0. The number of nitrogens with zero attached hydrogens (tertiary/aromatic N) is 1. The lowest BCUT2D eigenvalue weighted by Gasteiger charge is -2.31. The zero-order chi connectivity index (χ0) is 18.0. The van der Waals surface area contributed by atoms with Gasteiger partial charge in [0.15, 0.2) is 0 Å². The minimum Gasteiger partial charge on any atom is -0.268 e. The van der Waals surface area contributed by atoms with Crippen molar-refractivity contribution < 1.29 is 9.18 Å². The molecule has 0 atom stereocenters. The van der Waals surface area contributed by atoms with Crippen LogP contribution >= 0.6 is 80.9 Å². The molecular weight excluding hydrogens is 530 g/mol. The van der Waals surface area contributed by atoms with Crippen molar-refractivity contribution in [3.05, 3.63) is 63.7 Å². The average molecular weight is 539 g/mol. The maximum Gasteiger partial charge on any atom is 0.301 e. The van der Waals surface area contributed by atoms with Gasteiger partial charge in [-0.25, -0.2) is 8.70 Å². The number of hydrogen-bond donors (Lipinski definition) is 0. The number of halogens is 6. The fourth-order valence-electron chi connectivity index (χ4n) is 1.69. The molecule has 0 radical (unpaired) electrons. The van der Waals surface area contributed by atoms with Crippen LogP contribution in [0.15, 0.2) is 54.6 Å². The molecule has 0 saturated heterocycles. The van der Waals surface area contributed by atoms with Gasteiger partial charge in [0.05, 0.1) is 11.3 Å². The average Bonchev–Trinajstić information content (AvgIpc) is 2.52. The third kappa shape index (κ3) is 4.83. The molecule has 9 heteroatoms. The number of carbonyl (C=O) groups is 1.